The van der Waals surface area contributed by atoms with E-state index < -0.39 is 21.6 Å². The Labute approximate surface area is 201 Å². The van der Waals surface area contributed by atoms with E-state index in [2.05, 4.69) is 15.3 Å². The van der Waals surface area contributed by atoms with Crippen LogP contribution >= 0.6 is 11.3 Å². The van der Waals surface area contributed by atoms with Gasteiger partial charge in [-0.1, -0.05) is 6.07 Å². The van der Waals surface area contributed by atoms with Gasteiger partial charge in [0.05, 0.1) is 25.7 Å². The number of benzene rings is 1. The number of hydrogen-bond donors (Lipinski definition) is 2. The maximum Gasteiger partial charge on any atom is 0.259 e. The normalized spacial score (nSPS) is 17.6. The Kier molecular flexibility index (Phi) is 6.68. The second kappa shape index (κ2) is 9.38. The molecule has 0 aliphatic carbocycles. The molecular formula is C23H25F2N5O2S2. The van der Waals surface area contributed by atoms with Crippen LogP contribution in [0.25, 0.3) is 10.4 Å². The van der Waals surface area contributed by atoms with E-state index in [0.29, 0.717) is 40.5 Å². The van der Waals surface area contributed by atoms with Crippen molar-refractivity contribution >= 4 is 38.5 Å². The van der Waals surface area contributed by atoms with Crippen LogP contribution in [0.1, 0.15) is 35.2 Å². The molecule has 1 aliphatic heterocycles. The third-order valence-electron chi connectivity index (χ3n) is 5.80. The van der Waals surface area contributed by atoms with Gasteiger partial charge in [0.25, 0.3) is 5.91 Å². The number of nitrogens with one attached hydrogen (secondary N) is 2. The van der Waals surface area contributed by atoms with E-state index in [4.69, 9.17) is 4.78 Å². The number of anilines is 2. The Hall–Kier alpha value is -2.92. The predicted molar refractivity (Wildman–Crippen MR) is 131 cm³/mol. The fraction of sp³-hybridized carbons (Fsp3) is 0.348. The van der Waals surface area contributed by atoms with Gasteiger partial charge in [-0.05, 0) is 37.1 Å². The highest BCUT2D eigenvalue weighted by atomic mass is 32.2. The van der Waals surface area contributed by atoms with Gasteiger partial charge in [0.2, 0.25) is 5.92 Å². The number of nitrogens with zero attached hydrogens (tertiary/aromatic N) is 3. The average Bonchev–Trinajstić information content (AvgIpc) is 3.23. The summed E-state index contributed by atoms with van der Waals surface area (Å²) in [5.74, 6) is -2.83. The van der Waals surface area contributed by atoms with E-state index in [1.807, 2.05) is 0 Å². The first-order valence-electron chi connectivity index (χ1n) is 10.7. The maximum absolute atomic E-state index is 14.0. The second-order valence-corrected chi connectivity index (χ2v) is 11.4. The van der Waals surface area contributed by atoms with E-state index in [-0.39, 0.29) is 19.4 Å². The summed E-state index contributed by atoms with van der Waals surface area (Å²) in [7, 11) is -2.96. The van der Waals surface area contributed by atoms with Gasteiger partial charge in [-0.25, -0.2) is 22.8 Å². The van der Waals surface area contributed by atoms with E-state index in [1.165, 1.54) is 23.7 Å². The summed E-state index contributed by atoms with van der Waals surface area (Å²) in [5.41, 5.74) is 3.78. The number of rotatable bonds is 5. The number of halogens is 2. The Balaban J connectivity index is 1.75. The molecule has 1 saturated heterocycles. The molecule has 1 aliphatic rings. The molecule has 1 fully saturated rings. The summed E-state index contributed by atoms with van der Waals surface area (Å²) in [6.45, 7) is 2.26. The molecule has 4 rings (SSSR count). The first-order valence-corrected chi connectivity index (χ1v) is 13.6. The van der Waals surface area contributed by atoms with Crippen LogP contribution in [0.5, 0.6) is 0 Å². The highest BCUT2D eigenvalue weighted by Gasteiger charge is 2.33. The fourth-order valence-corrected chi connectivity index (χ4v) is 5.36. The summed E-state index contributed by atoms with van der Waals surface area (Å²) in [5, 5.41) is 2.82. The molecule has 1 atom stereocenters. The van der Waals surface area contributed by atoms with Gasteiger partial charge in [0.1, 0.15) is 5.82 Å². The van der Waals surface area contributed by atoms with E-state index >= 15 is 0 Å². The van der Waals surface area contributed by atoms with Crippen molar-refractivity contribution in [3.8, 4) is 10.4 Å². The van der Waals surface area contributed by atoms with Gasteiger partial charge in [0.15, 0.2) is 0 Å². The number of pyridine rings is 1. The van der Waals surface area contributed by atoms with Crippen LogP contribution in [0.2, 0.25) is 0 Å². The van der Waals surface area contributed by atoms with Gasteiger partial charge in [-0.2, -0.15) is 0 Å². The lowest BCUT2D eigenvalue weighted by Gasteiger charge is -2.25. The van der Waals surface area contributed by atoms with Crippen LogP contribution in [-0.4, -0.2) is 45.4 Å². The maximum atomic E-state index is 14.0. The lowest BCUT2D eigenvalue weighted by atomic mass is 10.0. The molecular weight excluding hydrogens is 480 g/mol. The zero-order valence-electron chi connectivity index (χ0n) is 18.8. The quantitative estimate of drug-likeness (QED) is 0.482. The first kappa shape index (κ1) is 24.2. The predicted octanol–water partition coefficient (Wildman–Crippen LogP) is 5.43. The molecule has 0 radical (unpaired) electrons. The number of amides is 1. The largest absolute Gasteiger partial charge is 0.356 e. The van der Waals surface area contributed by atoms with Crippen molar-refractivity contribution < 1.29 is 17.8 Å². The van der Waals surface area contributed by atoms with Crippen molar-refractivity contribution in [1.29, 1.82) is 4.78 Å². The van der Waals surface area contributed by atoms with E-state index in [1.54, 1.807) is 47.9 Å². The number of carbonyl (C=O) groups is 1. The van der Waals surface area contributed by atoms with Crippen molar-refractivity contribution in [3.05, 3.63) is 53.3 Å². The van der Waals surface area contributed by atoms with Crippen LogP contribution in [0, 0.1) is 11.7 Å². The van der Waals surface area contributed by atoms with Crippen molar-refractivity contribution in [2.24, 2.45) is 0 Å². The lowest BCUT2D eigenvalue weighted by molar-refractivity contribution is -0.0102. The zero-order chi connectivity index (χ0) is 24.5. The Morgan fingerprint density at radius 1 is 1.26 bits per heavy atom. The van der Waals surface area contributed by atoms with Crippen LogP contribution in [0.4, 0.5) is 20.3 Å². The second-order valence-electron chi connectivity index (χ2n) is 8.38. The summed E-state index contributed by atoms with van der Waals surface area (Å²) in [4.78, 5) is 25.1. The molecule has 1 aromatic carbocycles. The summed E-state index contributed by atoms with van der Waals surface area (Å²) in [6.07, 6.45) is 4.46. The number of aromatic nitrogens is 2. The molecule has 0 spiro atoms. The van der Waals surface area contributed by atoms with E-state index in [9.17, 15) is 17.8 Å². The molecule has 1 unspecified atom stereocenters. The minimum atomic E-state index is -2.96. The van der Waals surface area contributed by atoms with Crippen LogP contribution in [-0.2, 0) is 9.73 Å². The molecule has 3 heterocycles. The Bertz CT molecular complexity index is 1310. The molecule has 1 amide bonds. The highest BCUT2D eigenvalue weighted by Crippen LogP contribution is 2.35. The zero-order valence-corrected chi connectivity index (χ0v) is 20.4. The third kappa shape index (κ3) is 5.25. The smallest absolute Gasteiger partial charge is 0.259 e. The Morgan fingerprint density at radius 2 is 2.06 bits per heavy atom. The summed E-state index contributed by atoms with van der Waals surface area (Å²) in [6, 6.07) is 6.36. The van der Waals surface area contributed by atoms with Crippen LogP contribution in [0.3, 0.4) is 0 Å². The molecule has 3 aromatic rings. The summed E-state index contributed by atoms with van der Waals surface area (Å²) >= 11 is 1.42. The average molecular weight is 506 g/mol. The van der Waals surface area contributed by atoms with Crippen molar-refractivity contribution in [2.45, 2.75) is 37.0 Å². The SMILES string of the molecule is Cc1c(-c2cncs2)cnc(N2CCCC(F)(F)CC2)c1C(=O)Nc1cccc(S(C)(=N)=O)c1. The lowest BCUT2D eigenvalue weighted by Crippen LogP contribution is -2.30. The molecule has 2 N–H and O–H groups in total. The van der Waals surface area contributed by atoms with E-state index in [0.717, 1.165) is 10.4 Å². The molecule has 0 saturated carbocycles. The first-order chi connectivity index (χ1) is 16.0. The molecule has 180 valence electrons. The number of thiazole rings is 1. The molecule has 34 heavy (non-hydrogen) atoms. The molecule has 2 aromatic heterocycles. The van der Waals surface area contributed by atoms with Gasteiger partial charge in [-0.3, -0.25) is 9.78 Å². The van der Waals surface area contributed by atoms with Gasteiger partial charge >= 0.3 is 0 Å². The molecule has 0 bridgehead atoms. The fourth-order valence-electron chi connectivity index (χ4n) is 3.98. The van der Waals surface area contributed by atoms with Crippen molar-refractivity contribution in [2.75, 3.05) is 29.6 Å². The van der Waals surface area contributed by atoms with Crippen LogP contribution in [0.15, 0.2) is 47.1 Å². The minimum Gasteiger partial charge on any atom is -0.356 e. The number of alkyl halides is 2. The van der Waals surface area contributed by atoms with Crippen molar-refractivity contribution in [1.82, 2.24) is 9.97 Å². The number of hydrogen-bond acceptors (Lipinski definition) is 7. The Morgan fingerprint density at radius 3 is 2.76 bits per heavy atom. The molecule has 7 nitrogen and oxygen atoms in total. The molecule has 11 heteroatoms. The minimum absolute atomic E-state index is 0.0891. The topological polar surface area (TPSA) is 99.0 Å². The van der Waals surface area contributed by atoms with Gasteiger partial charge in [0, 0.05) is 60.7 Å². The van der Waals surface area contributed by atoms with Gasteiger partial charge in [-0.15, -0.1) is 11.3 Å². The van der Waals surface area contributed by atoms with Gasteiger partial charge < -0.3 is 10.2 Å². The number of carbonyl (C=O) groups excluding carboxylic acids is 1. The summed E-state index contributed by atoms with van der Waals surface area (Å²) < 4.78 is 47.9. The highest BCUT2D eigenvalue weighted by molar-refractivity contribution is 7.91. The third-order valence-corrected chi connectivity index (χ3v) is 7.76. The van der Waals surface area contributed by atoms with Crippen molar-refractivity contribution in [3.63, 3.8) is 0 Å². The van der Waals surface area contributed by atoms with Crippen LogP contribution < -0.4 is 10.2 Å². The monoisotopic (exact) mass is 505 g/mol. The standard InChI is InChI=1S/C23H25F2N5O2S2/c1-15-18(19-13-27-14-33-19)12-28-21(30-9-4-7-23(24,25)8-10-30)20(15)22(31)29-16-5-3-6-17(11-16)34(2,26)32/h3,5-6,11-14,26H,4,7-10H2,1-2H3,(H,29,31).